The largest absolute Gasteiger partial charge is 0.376 e. The Hall–Kier alpha value is -1.86. The molecule has 1 atom stereocenters. The number of aromatic nitrogens is 4. The average Bonchev–Trinajstić information content (AvgIpc) is 3.01. The van der Waals surface area contributed by atoms with Gasteiger partial charge in [-0.2, -0.15) is 4.52 Å². The van der Waals surface area contributed by atoms with Crippen LogP contribution in [0.3, 0.4) is 0 Å². The lowest BCUT2D eigenvalue weighted by atomic mass is 10.1. The molecule has 0 bridgehead atoms. The predicted octanol–water partition coefficient (Wildman–Crippen LogP) is 3.31. The number of nitrogens with zero attached hydrogens (tertiary/aromatic N) is 4. The molecule has 1 N–H and O–H groups in total. The molecule has 8 nitrogen and oxygen atoms in total. The molecule has 0 saturated heterocycles. The monoisotopic (exact) mass is 364 g/mol. The number of fused-ring (bicyclic) bond motifs is 3. The van der Waals surface area contributed by atoms with E-state index in [0.29, 0.717) is 11.2 Å². The lowest BCUT2D eigenvalue weighted by molar-refractivity contribution is 0.101. The van der Waals surface area contributed by atoms with Gasteiger partial charge >= 0.3 is 7.60 Å². The fourth-order valence-electron chi connectivity index (χ4n) is 2.65. The van der Waals surface area contributed by atoms with Crippen LogP contribution in [0.2, 0.25) is 0 Å². The van der Waals surface area contributed by atoms with Gasteiger partial charge in [0.1, 0.15) is 0 Å². The fraction of sp³-hybridized carbons (Fsp3) is 0.438. The van der Waals surface area contributed by atoms with Crippen LogP contribution in [0.5, 0.6) is 0 Å². The summed E-state index contributed by atoms with van der Waals surface area (Å²) in [5.41, 5.74) is 1.39. The standard InChI is InChI=1S/C16H21N4O4P/c1-10(2)23-25(22,24-11(3)4)16(21)13-9-12-7-5-6-8-14(12)20-15(13)17-18-19-20/h5-11,16,21H,1-4H3. The maximum Gasteiger partial charge on any atom is 0.364 e. The molecule has 0 fully saturated rings. The molecule has 0 aliphatic carbocycles. The molecule has 1 aromatic carbocycles. The normalized spacial score (nSPS) is 14.0. The molecule has 2 aromatic heterocycles. The second-order valence-corrected chi connectivity index (χ2v) is 8.29. The molecule has 0 amide bonds. The molecule has 25 heavy (non-hydrogen) atoms. The van der Waals surface area contributed by atoms with Crippen LogP contribution < -0.4 is 0 Å². The smallest absolute Gasteiger partial charge is 0.364 e. The molecule has 3 rings (SSSR count). The third-order valence-corrected chi connectivity index (χ3v) is 5.81. The molecule has 0 spiro atoms. The number of aliphatic hydroxyl groups excluding tert-OH is 1. The van der Waals surface area contributed by atoms with Crippen LogP contribution in [0.1, 0.15) is 39.1 Å². The highest BCUT2D eigenvalue weighted by Gasteiger charge is 2.40. The maximum atomic E-state index is 13.3. The van der Waals surface area contributed by atoms with Crippen molar-refractivity contribution in [2.45, 2.75) is 45.7 Å². The first kappa shape index (κ1) is 17.9. The van der Waals surface area contributed by atoms with Crippen LogP contribution >= 0.6 is 7.60 Å². The minimum absolute atomic E-state index is 0.299. The third-order valence-electron chi connectivity index (χ3n) is 3.50. The van der Waals surface area contributed by atoms with Crippen LogP contribution in [0, 0.1) is 0 Å². The first-order valence-corrected chi connectivity index (χ1v) is 9.67. The van der Waals surface area contributed by atoms with Crippen LogP contribution in [-0.4, -0.2) is 37.4 Å². The van der Waals surface area contributed by atoms with Gasteiger partial charge in [-0.3, -0.25) is 4.57 Å². The van der Waals surface area contributed by atoms with Crippen molar-refractivity contribution in [3.63, 3.8) is 0 Å². The Bertz CT molecular complexity index is 926. The van der Waals surface area contributed by atoms with Crippen LogP contribution in [0.25, 0.3) is 16.6 Å². The van der Waals surface area contributed by atoms with E-state index in [1.165, 1.54) is 4.52 Å². The van der Waals surface area contributed by atoms with E-state index in [1.54, 1.807) is 33.8 Å². The highest BCUT2D eigenvalue weighted by molar-refractivity contribution is 7.54. The first-order valence-electron chi connectivity index (χ1n) is 8.06. The highest BCUT2D eigenvalue weighted by atomic mass is 31.2. The summed E-state index contributed by atoms with van der Waals surface area (Å²) in [6, 6.07) is 9.18. The van der Waals surface area contributed by atoms with Crippen molar-refractivity contribution in [1.29, 1.82) is 0 Å². The van der Waals surface area contributed by atoms with E-state index < -0.39 is 13.4 Å². The summed E-state index contributed by atoms with van der Waals surface area (Å²) in [6.45, 7) is 6.94. The van der Waals surface area contributed by atoms with Gasteiger partial charge in [-0.25, -0.2) is 0 Å². The number of para-hydroxylation sites is 1. The summed E-state index contributed by atoms with van der Waals surface area (Å²) < 4.78 is 25.8. The fourth-order valence-corrected chi connectivity index (χ4v) is 4.64. The Kier molecular flexibility index (Phi) is 4.88. The van der Waals surface area contributed by atoms with Gasteiger partial charge in [0.05, 0.1) is 17.7 Å². The van der Waals surface area contributed by atoms with E-state index in [-0.39, 0.29) is 12.2 Å². The Morgan fingerprint density at radius 3 is 2.40 bits per heavy atom. The van der Waals surface area contributed by atoms with Crippen LogP contribution in [0.15, 0.2) is 30.3 Å². The van der Waals surface area contributed by atoms with Gasteiger partial charge in [0.2, 0.25) is 0 Å². The molecule has 134 valence electrons. The second-order valence-electron chi connectivity index (χ2n) is 6.29. The Balaban J connectivity index is 2.18. The van der Waals surface area contributed by atoms with E-state index in [1.807, 2.05) is 24.3 Å². The second kappa shape index (κ2) is 6.80. The third kappa shape index (κ3) is 3.43. The van der Waals surface area contributed by atoms with Crippen molar-refractivity contribution in [3.05, 3.63) is 35.9 Å². The van der Waals surface area contributed by atoms with E-state index in [2.05, 4.69) is 15.5 Å². The van der Waals surface area contributed by atoms with E-state index in [4.69, 9.17) is 9.05 Å². The zero-order valence-corrected chi connectivity index (χ0v) is 15.4. The molecule has 3 aromatic rings. The number of rotatable bonds is 6. The molecule has 0 radical (unpaired) electrons. The molecule has 0 aliphatic rings. The molecule has 0 saturated carbocycles. The lowest BCUT2D eigenvalue weighted by Crippen LogP contribution is -2.14. The van der Waals surface area contributed by atoms with Crippen molar-refractivity contribution in [3.8, 4) is 0 Å². The molecular formula is C16H21N4O4P. The quantitative estimate of drug-likeness (QED) is 0.670. The van der Waals surface area contributed by atoms with Gasteiger partial charge in [0.15, 0.2) is 11.5 Å². The minimum Gasteiger partial charge on any atom is -0.376 e. The predicted molar refractivity (Wildman–Crippen MR) is 93.3 cm³/mol. The summed E-state index contributed by atoms with van der Waals surface area (Å²) in [4.78, 5) is 0. The molecule has 9 heteroatoms. The minimum atomic E-state index is -3.86. The average molecular weight is 364 g/mol. The van der Waals surface area contributed by atoms with E-state index >= 15 is 0 Å². The Morgan fingerprint density at radius 2 is 1.76 bits per heavy atom. The van der Waals surface area contributed by atoms with Crippen molar-refractivity contribution in [1.82, 2.24) is 20.0 Å². The summed E-state index contributed by atoms with van der Waals surface area (Å²) >= 11 is 0. The van der Waals surface area contributed by atoms with Gasteiger partial charge in [-0.1, -0.05) is 18.2 Å². The van der Waals surface area contributed by atoms with Gasteiger partial charge in [0.25, 0.3) is 0 Å². The summed E-state index contributed by atoms with van der Waals surface area (Å²) in [5, 5.41) is 23.3. The molecule has 0 aliphatic heterocycles. The number of tetrazole rings is 1. The van der Waals surface area contributed by atoms with Crippen molar-refractivity contribution < 1.29 is 18.7 Å². The topological polar surface area (TPSA) is 98.8 Å². The van der Waals surface area contributed by atoms with Crippen LogP contribution in [-0.2, 0) is 13.6 Å². The Labute approximate surface area is 145 Å². The van der Waals surface area contributed by atoms with Gasteiger partial charge < -0.3 is 14.2 Å². The highest BCUT2D eigenvalue weighted by Crippen LogP contribution is 2.61. The number of hydrogen-bond acceptors (Lipinski definition) is 7. The summed E-state index contributed by atoms with van der Waals surface area (Å²) in [5.74, 6) is -1.50. The maximum absolute atomic E-state index is 13.3. The number of hydrogen-bond donors (Lipinski definition) is 1. The van der Waals surface area contributed by atoms with Crippen molar-refractivity contribution >= 4 is 24.1 Å². The number of pyridine rings is 1. The van der Waals surface area contributed by atoms with E-state index in [0.717, 1.165) is 10.9 Å². The lowest BCUT2D eigenvalue weighted by Gasteiger charge is -2.27. The molecule has 1 unspecified atom stereocenters. The summed E-state index contributed by atoms with van der Waals surface area (Å²) in [6.07, 6.45) is -0.765. The van der Waals surface area contributed by atoms with Gasteiger partial charge in [-0.05, 0) is 50.3 Å². The molecular weight excluding hydrogens is 343 g/mol. The first-order chi connectivity index (χ1) is 11.8. The SMILES string of the molecule is CC(C)OP(=O)(OC(C)C)C(O)c1cc2ccccc2n2nnnc12. The zero-order valence-electron chi connectivity index (χ0n) is 14.5. The zero-order chi connectivity index (χ0) is 18.2. The van der Waals surface area contributed by atoms with Crippen LogP contribution in [0.4, 0.5) is 0 Å². The van der Waals surface area contributed by atoms with Crippen molar-refractivity contribution in [2.75, 3.05) is 0 Å². The molecule has 2 heterocycles. The Morgan fingerprint density at radius 1 is 1.12 bits per heavy atom. The van der Waals surface area contributed by atoms with Gasteiger partial charge in [0, 0.05) is 10.9 Å². The number of benzene rings is 1. The van der Waals surface area contributed by atoms with E-state index in [9.17, 15) is 9.67 Å². The van der Waals surface area contributed by atoms with Gasteiger partial charge in [-0.15, -0.1) is 5.10 Å². The summed E-state index contributed by atoms with van der Waals surface area (Å²) in [7, 11) is -3.86. The number of aliphatic hydroxyl groups is 1. The van der Waals surface area contributed by atoms with Crippen molar-refractivity contribution in [2.24, 2.45) is 0 Å².